The smallest absolute Gasteiger partial charge is 0.216 e. The van der Waals surface area contributed by atoms with E-state index in [1.165, 1.54) is 12.1 Å². The van der Waals surface area contributed by atoms with Gasteiger partial charge in [-0.2, -0.15) is 0 Å². The number of halogens is 1. The molecule has 130 valence electrons. The zero-order chi connectivity index (χ0) is 17.8. The van der Waals surface area contributed by atoms with E-state index in [9.17, 15) is 4.39 Å². The fourth-order valence-corrected chi connectivity index (χ4v) is 2.55. The fourth-order valence-electron chi connectivity index (χ4n) is 2.55. The average molecular weight is 349 g/mol. The molecule has 0 unspecified atom stereocenters. The lowest BCUT2D eigenvalue weighted by Gasteiger charge is -2.09. The fraction of sp³-hybridized carbons (Fsp3) is 0.0476. The van der Waals surface area contributed by atoms with E-state index in [1.54, 1.807) is 18.2 Å². The maximum absolute atomic E-state index is 13.2. The Balaban J connectivity index is 1.42. The molecule has 1 aliphatic heterocycles. The van der Waals surface area contributed by atoms with Crippen molar-refractivity contribution in [2.24, 2.45) is 0 Å². The Morgan fingerprint density at radius 2 is 1.50 bits per heavy atom. The van der Waals surface area contributed by atoms with Crippen LogP contribution in [0.25, 0.3) is 0 Å². The van der Waals surface area contributed by atoms with Crippen LogP contribution in [0.2, 0.25) is 0 Å². The minimum absolute atomic E-state index is 0.302. The van der Waals surface area contributed by atoms with Gasteiger partial charge < -0.3 is 9.47 Å². The van der Waals surface area contributed by atoms with E-state index < -0.39 is 0 Å². The molecule has 0 amide bonds. The van der Waals surface area contributed by atoms with E-state index in [0.717, 1.165) is 17.1 Å². The average Bonchev–Trinajstić information content (AvgIpc) is 3.12. The molecule has 0 radical (unpaired) electrons. The minimum atomic E-state index is -0.354. The molecule has 1 aliphatic rings. The molecule has 4 rings (SSSR count). The number of benzene rings is 3. The summed E-state index contributed by atoms with van der Waals surface area (Å²) in [6.07, 6.45) is 1.49. The van der Waals surface area contributed by atoms with E-state index in [-0.39, 0.29) is 11.9 Å². The maximum Gasteiger partial charge on any atom is 0.216 e. The lowest BCUT2D eigenvalue weighted by atomic mass is 10.1. The maximum atomic E-state index is 13.2. The molecule has 0 saturated carbocycles. The van der Waals surface area contributed by atoms with Crippen molar-refractivity contribution in [3.8, 4) is 17.2 Å². The molecule has 5 heteroatoms. The number of rotatable bonds is 5. The van der Waals surface area contributed by atoms with Crippen molar-refractivity contribution in [3.05, 3.63) is 102 Å². The molecule has 1 N–H and O–H groups in total. The van der Waals surface area contributed by atoms with Crippen LogP contribution >= 0.6 is 0 Å². The molecule has 1 atom stereocenters. The van der Waals surface area contributed by atoms with Crippen molar-refractivity contribution in [1.29, 1.82) is 0 Å². The number of hydrogen-bond acceptors (Lipinski definition) is 4. The van der Waals surface area contributed by atoms with Crippen molar-refractivity contribution in [2.45, 2.75) is 6.10 Å². The first-order chi connectivity index (χ1) is 12.8. The van der Waals surface area contributed by atoms with E-state index >= 15 is 0 Å². The first-order valence-corrected chi connectivity index (χ1v) is 8.16. The van der Waals surface area contributed by atoms with Crippen molar-refractivity contribution in [2.75, 3.05) is 0 Å². The molecule has 0 aliphatic carbocycles. The van der Waals surface area contributed by atoms with Crippen molar-refractivity contribution in [3.63, 3.8) is 0 Å². The zero-order valence-electron chi connectivity index (χ0n) is 13.8. The van der Waals surface area contributed by atoms with Crippen molar-refractivity contribution >= 4 is 0 Å². The molecule has 0 saturated heterocycles. The molecule has 3 aromatic rings. The van der Waals surface area contributed by atoms with Crippen LogP contribution in [0, 0.1) is 5.82 Å². The summed E-state index contributed by atoms with van der Waals surface area (Å²) in [6, 6.07) is 23.1. The zero-order valence-corrected chi connectivity index (χ0v) is 13.8. The third kappa shape index (κ3) is 3.84. The molecule has 0 spiro atoms. The van der Waals surface area contributed by atoms with Crippen LogP contribution in [-0.2, 0) is 4.84 Å². The summed E-state index contributed by atoms with van der Waals surface area (Å²) in [5.41, 5.74) is 3.65. The third-order valence-electron chi connectivity index (χ3n) is 3.80. The van der Waals surface area contributed by atoms with E-state index in [4.69, 9.17) is 14.3 Å². The third-order valence-corrected chi connectivity index (χ3v) is 3.80. The lowest BCUT2D eigenvalue weighted by Crippen LogP contribution is -2.12. The summed E-state index contributed by atoms with van der Waals surface area (Å²) in [5, 5.41) is 0. The monoisotopic (exact) mass is 349 g/mol. The van der Waals surface area contributed by atoms with Gasteiger partial charge in [0.2, 0.25) is 5.88 Å². The Bertz CT molecular complexity index is 910. The predicted octanol–water partition coefficient (Wildman–Crippen LogP) is 5.11. The largest absolute Gasteiger partial charge is 0.457 e. The molecule has 0 aromatic heterocycles. The second-order valence-electron chi connectivity index (χ2n) is 5.72. The summed E-state index contributed by atoms with van der Waals surface area (Å²) in [7, 11) is 0. The van der Waals surface area contributed by atoms with Gasteiger partial charge in [-0.3, -0.25) is 4.84 Å². The molecule has 0 bridgehead atoms. The first-order valence-electron chi connectivity index (χ1n) is 8.16. The number of ether oxygens (including phenoxy) is 2. The van der Waals surface area contributed by atoms with Crippen LogP contribution in [0.1, 0.15) is 11.7 Å². The van der Waals surface area contributed by atoms with Gasteiger partial charge in [0.05, 0.1) is 0 Å². The first kappa shape index (κ1) is 16.2. The van der Waals surface area contributed by atoms with Crippen molar-refractivity contribution < 1.29 is 18.7 Å². The Kier molecular flexibility index (Phi) is 4.53. The highest BCUT2D eigenvalue weighted by Gasteiger charge is 2.20. The Labute approximate surface area is 150 Å². The van der Waals surface area contributed by atoms with Crippen LogP contribution in [0.4, 0.5) is 4.39 Å². The van der Waals surface area contributed by atoms with Gasteiger partial charge in [0.25, 0.3) is 0 Å². The van der Waals surface area contributed by atoms with Crippen LogP contribution in [0.3, 0.4) is 0 Å². The SMILES string of the molecule is Fc1cccc(OC2=C[C@H](c3ccc(Oc4ccccc4)cc3)ON2)c1. The minimum Gasteiger partial charge on any atom is -0.457 e. The normalized spacial score (nSPS) is 15.9. The molecule has 3 aromatic carbocycles. The van der Waals surface area contributed by atoms with Gasteiger partial charge in [0.15, 0.2) is 0 Å². The number of hydroxylamine groups is 1. The second-order valence-corrected chi connectivity index (χ2v) is 5.72. The summed E-state index contributed by atoms with van der Waals surface area (Å²) >= 11 is 0. The van der Waals surface area contributed by atoms with Crippen LogP contribution in [-0.4, -0.2) is 0 Å². The van der Waals surface area contributed by atoms with E-state index in [0.29, 0.717) is 11.6 Å². The predicted molar refractivity (Wildman–Crippen MR) is 95.0 cm³/mol. The highest BCUT2D eigenvalue weighted by atomic mass is 19.1. The molecular formula is C21H16FNO3. The summed E-state index contributed by atoms with van der Waals surface area (Å²) in [6.45, 7) is 0. The second kappa shape index (κ2) is 7.29. The van der Waals surface area contributed by atoms with Gasteiger partial charge in [0, 0.05) is 12.1 Å². The highest BCUT2D eigenvalue weighted by Crippen LogP contribution is 2.28. The number of hydrogen-bond donors (Lipinski definition) is 1. The van der Waals surface area contributed by atoms with Gasteiger partial charge in [-0.15, -0.1) is 0 Å². The standard InChI is InChI=1S/C21H16FNO3/c22-16-5-4-8-19(13-16)25-21-14-20(26-23-21)15-9-11-18(12-10-15)24-17-6-2-1-3-7-17/h1-14,20,23H/t20-/m1/s1. The van der Waals surface area contributed by atoms with E-state index in [1.807, 2.05) is 54.6 Å². The lowest BCUT2D eigenvalue weighted by molar-refractivity contribution is 0.0273. The topological polar surface area (TPSA) is 39.7 Å². The van der Waals surface area contributed by atoms with Crippen LogP contribution in [0.15, 0.2) is 90.8 Å². The quantitative estimate of drug-likeness (QED) is 0.694. The Morgan fingerprint density at radius 1 is 0.769 bits per heavy atom. The molecule has 26 heavy (non-hydrogen) atoms. The summed E-state index contributed by atoms with van der Waals surface area (Å²) < 4.78 is 24.6. The molecule has 0 fully saturated rings. The highest BCUT2D eigenvalue weighted by molar-refractivity contribution is 5.35. The van der Waals surface area contributed by atoms with E-state index in [2.05, 4.69) is 5.48 Å². The number of nitrogens with one attached hydrogen (secondary N) is 1. The van der Waals surface area contributed by atoms with Gasteiger partial charge in [0.1, 0.15) is 29.2 Å². The van der Waals surface area contributed by atoms with Crippen LogP contribution < -0.4 is 15.0 Å². The molecular weight excluding hydrogens is 333 g/mol. The Morgan fingerprint density at radius 3 is 2.27 bits per heavy atom. The van der Waals surface area contributed by atoms with Gasteiger partial charge in [-0.25, -0.2) is 9.87 Å². The summed E-state index contributed by atoms with van der Waals surface area (Å²) in [4.78, 5) is 5.51. The Hall–Kier alpha value is -3.31. The van der Waals surface area contributed by atoms with Gasteiger partial charge in [-0.1, -0.05) is 36.4 Å². The van der Waals surface area contributed by atoms with Crippen LogP contribution in [0.5, 0.6) is 17.2 Å². The molecule has 1 heterocycles. The van der Waals surface area contributed by atoms with Crippen molar-refractivity contribution in [1.82, 2.24) is 5.48 Å². The van der Waals surface area contributed by atoms with Gasteiger partial charge in [-0.05, 0) is 42.0 Å². The molecule has 4 nitrogen and oxygen atoms in total. The number of para-hydroxylation sites is 1. The summed E-state index contributed by atoms with van der Waals surface area (Å²) in [5.74, 6) is 1.99. The van der Waals surface area contributed by atoms with Gasteiger partial charge >= 0.3 is 0 Å².